The lowest BCUT2D eigenvalue weighted by Gasteiger charge is -2.12. The third kappa shape index (κ3) is 2.36. The van der Waals surface area contributed by atoms with Crippen LogP contribution in [0.1, 0.15) is 11.1 Å². The molecule has 2 N–H and O–H groups in total. The van der Waals surface area contributed by atoms with Crippen molar-refractivity contribution in [2.45, 2.75) is 13.5 Å². The van der Waals surface area contributed by atoms with Gasteiger partial charge in [0.15, 0.2) is 0 Å². The summed E-state index contributed by atoms with van der Waals surface area (Å²) in [5, 5.41) is 0.982. The highest BCUT2D eigenvalue weighted by atomic mass is 16.5. The van der Waals surface area contributed by atoms with Gasteiger partial charge in [0, 0.05) is 23.7 Å². The normalized spacial score (nSPS) is 10.7. The summed E-state index contributed by atoms with van der Waals surface area (Å²) in [6.45, 7) is 2.45. The molecule has 3 nitrogen and oxygen atoms in total. The molecule has 0 unspecified atom stereocenters. The van der Waals surface area contributed by atoms with Crippen molar-refractivity contribution in [3.8, 4) is 11.5 Å². The first-order valence-electron chi connectivity index (χ1n) is 6.59. The zero-order chi connectivity index (χ0) is 13.9. The average molecular weight is 264 g/mol. The predicted octanol–water partition coefficient (Wildman–Crippen LogP) is 3.79. The highest BCUT2D eigenvalue weighted by Crippen LogP contribution is 2.32. The molecule has 0 atom stereocenters. The lowest BCUT2D eigenvalue weighted by Crippen LogP contribution is -2.01. The van der Waals surface area contributed by atoms with Gasteiger partial charge in [-0.15, -0.1) is 0 Å². The maximum atomic E-state index is 6.05. The van der Waals surface area contributed by atoms with Crippen molar-refractivity contribution < 1.29 is 4.74 Å². The molecule has 0 aliphatic heterocycles. The fourth-order valence-corrected chi connectivity index (χ4v) is 2.15. The molecule has 0 amide bonds. The van der Waals surface area contributed by atoms with E-state index in [0.717, 1.165) is 28.0 Å². The Morgan fingerprint density at radius 1 is 1.05 bits per heavy atom. The van der Waals surface area contributed by atoms with Crippen LogP contribution in [0.25, 0.3) is 10.9 Å². The van der Waals surface area contributed by atoms with Crippen LogP contribution in [0.4, 0.5) is 0 Å². The number of benzene rings is 2. The van der Waals surface area contributed by atoms with Gasteiger partial charge in [0.25, 0.3) is 0 Å². The van der Waals surface area contributed by atoms with Crippen molar-refractivity contribution in [2.75, 3.05) is 0 Å². The molecule has 20 heavy (non-hydrogen) atoms. The van der Waals surface area contributed by atoms with Gasteiger partial charge in [-0.2, -0.15) is 0 Å². The second kappa shape index (κ2) is 5.31. The van der Waals surface area contributed by atoms with E-state index < -0.39 is 0 Å². The largest absolute Gasteiger partial charge is 0.456 e. The van der Waals surface area contributed by atoms with Gasteiger partial charge in [-0.25, -0.2) is 0 Å². The number of aryl methyl sites for hydroxylation is 1. The molecular formula is C17H16N2O. The molecule has 0 saturated heterocycles. The number of para-hydroxylation sites is 1. The highest BCUT2D eigenvalue weighted by molar-refractivity contribution is 5.86. The Kier molecular flexibility index (Phi) is 3.35. The molecule has 1 heterocycles. The second-order valence-electron chi connectivity index (χ2n) is 4.75. The van der Waals surface area contributed by atoms with Crippen LogP contribution in [0.3, 0.4) is 0 Å². The summed E-state index contributed by atoms with van der Waals surface area (Å²) in [5.74, 6) is 1.60. The minimum atomic E-state index is 0.402. The Morgan fingerprint density at radius 2 is 1.80 bits per heavy atom. The average Bonchev–Trinajstić information content (AvgIpc) is 2.50. The van der Waals surface area contributed by atoms with E-state index in [0.29, 0.717) is 6.54 Å². The van der Waals surface area contributed by atoms with Crippen molar-refractivity contribution in [3.05, 3.63) is 65.9 Å². The van der Waals surface area contributed by atoms with E-state index >= 15 is 0 Å². The molecule has 2 aromatic carbocycles. The summed E-state index contributed by atoms with van der Waals surface area (Å²) in [7, 11) is 0. The first-order chi connectivity index (χ1) is 9.78. The Hall–Kier alpha value is -2.39. The molecule has 1 aromatic heterocycles. The number of hydrogen-bond donors (Lipinski definition) is 1. The predicted molar refractivity (Wildman–Crippen MR) is 80.9 cm³/mol. The number of ether oxygens (including phenoxy) is 1. The van der Waals surface area contributed by atoms with Gasteiger partial charge in [0.1, 0.15) is 11.5 Å². The minimum absolute atomic E-state index is 0.402. The van der Waals surface area contributed by atoms with E-state index in [1.165, 1.54) is 5.56 Å². The first kappa shape index (κ1) is 12.6. The molecule has 0 fully saturated rings. The number of nitrogens with zero attached hydrogens (tertiary/aromatic N) is 1. The smallest absolute Gasteiger partial charge is 0.142 e. The third-order valence-electron chi connectivity index (χ3n) is 3.26. The maximum absolute atomic E-state index is 6.05. The van der Waals surface area contributed by atoms with Gasteiger partial charge in [0.2, 0.25) is 0 Å². The number of rotatable bonds is 3. The fourth-order valence-electron chi connectivity index (χ4n) is 2.15. The van der Waals surface area contributed by atoms with Crippen LogP contribution in [0.2, 0.25) is 0 Å². The molecule has 100 valence electrons. The zero-order valence-electron chi connectivity index (χ0n) is 11.3. The monoisotopic (exact) mass is 264 g/mol. The quantitative estimate of drug-likeness (QED) is 0.782. The van der Waals surface area contributed by atoms with Crippen molar-refractivity contribution in [2.24, 2.45) is 5.73 Å². The Balaban J connectivity index is 2.11. The first-order valence-corrected chi connectivity index (χ1v) is 6.59. The van der Waals surface area contributed by atoms with Crippen molar-refractivity contribution >= 4 is 10.9 Å². The molecule has 3 heteroatoms. The molecule has 0 radical (unpaired) electrons. The van der Waals surface area contributed by atoms with Crippen molar-refractivity contribution in [3.63, 3.8) is 0 Å². The van der Waals surface area contributed by atoms with Gasteiger partial charge in [-0.3, -0.25) is 4.98 Å². The van der Waals surface area contributed by atoms with E-state index in [2.05, 4.69) is 11.9 Å². The van der Waals surface area contributed by atoms with E-state index in [9.17, 15) is 0 Å². The Labute approximate surface area is 118 Å². The van der Waals surface area contributed by atoms with E-state index in [-0.39, 0.29) is 0 Å². The lowest BCUT2D eigenvalue weighted by molar-refractivity contribution is 0.481. The minimum Gasteiger partial charge on any atom is -0.456 e. The molecule has 3 aromatic rings. The van der Waals surface area contributed by atoms with E-state index in [1.807, 2.05) is 48.5 Å². The second-order valence-corrected chi connectivity index (χ2v) is 4.75. The summed E-state index contributed by atoms with van der Waals surface area (Å²) >= 11 is 0. The number of aromatic nitrogens is 1. The van der Waals surface area contributed by atoms with Gasteiger partial charge in [-0.05, 0) is 31.2 Å². The summed E-state index contributed by atoms with van der Waals surface area (Å²) in [6, 6.07) is 15.9. The van der Waals surface area contributed by atoms with Gasteiger partial charge in [0.05, 0.1) is 5.52 Å². The van der Waals surface area contributed by atoms with Crippen LogP contribution in [0, 0.1) is 6.92 Å². The van der Waals surface area contributed by atoms with Crippen molar-refractivity contribution in [1.82, 2.24) is 4.98 Å². The zero-order valence-corrected chi connectivity index (χ0v) is 11.3. The van der Waals surface area contributed by atoms with Gasteiger partial charge >= 0.3 is 0 Å². The summed E-state index contributed by atoms with van der Waals surface area (Å²) in [5.41, 5.74) is 8.82. The molecule has 0 aliphatic carbocycles. The van der Waals surface area contributed by atoms with Crippen LogP contribution < -0.4 is 10.5 Å². The third-order valence-corrected chi connectivity index (χ3v) is 3.26. The molecule has 0 aliphatic rings. The molecule has 0 saturated carbocycles. The molecule has 3 rings (SSSR count). The van der Waals surface area contributed by atoms with Crippen LogP contribution in [0.15, 0.2) is 54.7 Å². The van der Waals surface area contributed by atoms with Crippen LogP contribution >= 0.6 is 0 Å². The fraction of sp³-hybridized carbons (Fsp3) is 0.118. The topological polar surface area (TPSA) is 48.1 Å². The van der Waals surface area contributed by atoms with Gasteiger partial charge in [-0.1, -0.05) is 29.8 Å². The SMILES string of the molecule is Cc1ccc(Oc2c(CN)cnc3ccccc23)cc1. The molecule has 0 bridgehead atoms. The number of fused-ring (bicyclic) bond motifs is 1. The van der Waals surface area contributed by atoms with Crippen molar-refractivity contribution in [1.29, 1.82) is 0 Å². The number of hydrogen-bond acceptors (Lipinski definition) is 3. The number of nitrogens with two attached hydrogens (primary N) is 1. The van der Waals surface area contributed by atoms with Crippen LogP contribution in [0.5, 0.6) is 11.5 Å². The van der Waals surface area contributed by atoms with Crippen LogP contribution in [-0.2, 0) is 6.54 Å². The van der Waals surface area contributed by atoms with Gasteiger partial charge < -0.3 is 10.5 Å². The lowest BCUT2D eigenvalue weighted by atomic mass is 10.1. The van der Waals surface area contributed by atoms with E-state index in [1.54, 1.807) is 6.20 Å². The Morgan fingerprint density at radius 3 is 2.55 bits per heavy atom. The van der Waals surface area contributed by atoms with Crippen LogP contribution in [-0.4, -0.2) is 4.98 Å². The molecule has 0 spiro atoms. The maximum Gasteiger partial charge on any atom is 0.142 e. The standard InChI is InChI=1S/C17H16N2O/c1-12-6-8-14(9-7-12)20-17-13(10-18)11-19-16-5-3-2-4-15(16)17/h2-9,11H,10,18H2,1H3. The van der Waals surface area contributed by atoms with E-state index in [4.69, 9.17) is 10.5 Å². The molecular weight excluding hydrogens is 248 g/mol. The summed E-state index contributed by atoms with van der Waals surface area (Å²) in [4.78, 5) is 4.41. The summed E-state index contributed by atoms with van der Waals surface area (Å²) < 4.78 is 6.05. The number of pyridine rings is 1. The Bertz CT molecular complexity index is 736. The summed E-state index contributed by atoms with van der Waals surface area (Å²) in [6.07, 6.45) is 1.78. The highest BCUT2D eigenvalue weighted by Gasteiger charge is 2.10.